The predicted octanol–water partition coefficient (Wildman–Crippen LogP) is 7.10. The third kappa shape index (κ3) is 8.42. The molecule has 0 bridgehead atoms. The van der Waals surface area contributed by atoms with E-state index < -0.39 is 0 Å². The van der Waals surface area contributed by atoms with Crippen molar-refractivity contribution in [3.63, 3.8) is 0 Å². The third-order valence-electron chi connectivity index (χ3n) is 4.78. The summed E-state index contributed by atoms with van der Waals surface area (Å²) in [7, 11) is 0. The van der Waals surface area contributed by atoms with Crippen LogP contribution in [0.5, 0.6) is 0 Å². The number of rotatable bonds is 14. The van der Waals surface area contributed by atoms with Gasteiger partial charge in [0.05, 0.1) is 5.69 Å². The molecule has 2 rings (SSSR count). The van der Waals surface area contributed by atoms with E-state index >= 15 is 0 Å². The van der Waals surface area contributed by atoms with Gasteiger partial charge in [0, 0.05) is 29.6 Å². The molecule has 0 aliphatic rings. The number of carbonyl (C=O) groups is 1. The van der Waals surface area contributed by atoms with Crippen molar-refractivity contribution in [3.8, 4) is 11.3 Å². The summed E-state index contributed by atoms with van der Waals surface area (Å²) in [6, 6.07) is 7.94. The lowest BCUT2D eigenvalue weighted by molar-refractivity contribution is -0.116. The molecule has 2 N–H and O–H groups in total. The van der Waals surface area contributed by atoms with Crippen molar-refractivity contribution in [1.82, 2.24) is 4.98 Å². The van der Waals surface area contributed by atoms with Crippen molar-refractivity contribution in [3.05, 3.63) is 29.6 Å². The van der Waals surface area contributed by atoms with E-state index in [-0.39, 0.29) is 5.91 Å². The van der Waals surface area contributed by atoms with Crippen LogP contribution in [0.25, 0.3) is 11.3 Å². The van der Waals surface area contributed by atoms with Crippen LogP contribution in [0.2, 0.25) is 0 Å². The van der Waals surface area contributed by atoms with Crippen molar-refractivity contribution in [1.29, 1.82) is 0 Å². The van der Waals surface area contributed by atoms with Gasteiger partial charge in [-0.05, 0) is 25.5 Å². The summed E-state index contributed by atoms with van der Waals surface area (Å²) in [5, 5.41) is 9.23. The van der Waals surface area contributed by atoms with Crippen LogP contribution in [0.1, 0.15) is 78.1 Å². The zero-order valence-electron chi connectivity index (χ0n) is 17.4. The fourth-order valence-electron chi connectivity index (χ4n) is 3.21. The highest BCUT2D eigenvalue weighted by Gasteiger charge is 2.07. The molecule has 2 aromatic rings. The lowest BCUT2D eigenvalue weighted by Gasteiger charge is -2.07. The minimum atomic E-state index is 0.103. The Morgan fingerprint density at radius 3 is 2.43 bits per heavy atom. The average Bonchev–Trinajstić information content (AvgIpc) is 3.16. The summed E-state index contributed by atoms with van der Waals surface area (Å²) in [6.45, 7) is 5.17. The zero-order valence-corrected chi connectivity index (χ0v) is 18.2. The second kappa shape index (κ2) is 13.3. The SMILES string of the molecule is CCCCCCCCCCCC(=O)Nc1cccc(-c2csc(NCC)n2)c1. The number of anilines is 2. The standard InChI is InChI=1S/C23H35N3OS/c1-3-5-6-7-8-9-10-11-12-16-22(27)25-20-15-13-14-19(17-20)21-18-28-23(26-21)24-4-2/h13-15,17-18H,3-12,16H2,1-2H3,(H,24,26)(H,25,27). The number of hydrogen-bond acceptors (Lipinski definition) is 4. The van der Waals surface area contributed by atoms with E-state index in [2.05, 4.69) is 29.5 Å². The lowest BCUT2D eigenvalue weighted by atomic mass is 10.1. The zero-order chi connectivity index (χ0) is 20.0. The number of nitrogens with zero attached hydrogens (tertiary/aromatic N) is 1. The highest BCUT2D eigenvalue weighted by molar-refractivity contribution is 7.14. The van der Waals surface area contributed by atoms with E-state index in [0.717, 1.165) is 41.5 Å². The number of thiazole rings is 1. The minimum absolute atomic E-state index is 0.103. The monoisotopic (exact) mass is 401 g/mol. The Hall–Kier alpha value is -1.88. The molecular weight excluding hydrogens is 366 g/mol. The second-order valence-electron chi connectivity index (χ2n) is 7.28. The Bertz CT molecular complexity index is 699. The van der Waals surface area contributed by atoms with Gasteiger partial charge in [0.1, 0.15) is 0 Å². The van der Waals surface area contributed by atoms with E-state index in [1.165, 1.54) is 44.9 Å². The molecule has 0 saturated heterocycles. The summed E-state index contributed by atoms with van der Waals surface area (Å²) in [5.41, 5.74) is 2.81. The molecule has 1 aromatic carbocycles. The predicted molar refractivity (Wildman–Crippen MR) is 122 cm³/mol. The molecule has 28 heavy (non-hydrogen) atoms. The second-order valence-corrected chi connectivity index (χ2v) is 8.13. The molecule has 0 unspecified atom stereocenters. The Morgan fingerprint density at radius 2 is 1.71 bits per heavy atom. The molecule has 1 aromatic heterocycles. The highest BCUT2D eigenvalue weighted by atomic mass is 32.1. The van der Waals surface area contributed by atoms with Crippen LogP contribution in [0.15, 0.2) is 29.6 Å². The maximum absolute atomic E-state index is 12.2. The normalized spacial score (nSPS) is 10.8. The number of amides is 1. The summed E-state index contributed by atoms with van der Waals surface area (Å²) in [6.07, 6.45) is 12.0. The summed E-state index contributed by atoms with van der Waals surface area (Å²) < 4.78 is 0. The number of hydrogen-bond donors (Lipinski definition) is 2. The maximum Gasteiger partial charge on any atom is 0.224 e. The van der Waals surface area contributed by atoms with Gasteiger partial charge >= 0.3 is 0 Å². The van der Waals surface area contributed by atoms with Crippen LogP contribution in [0.3, 0.4) is 0 Å². The van der Waals surface area contributed by atoms with E-state index in [0.29, 0.717) is 6.42 Å². The van der Waals surface area contributed by atoms with Crippen LogP contribution >= 0.6 is 11.3 Å². The van der Waals surface area contributed by atoms with E-state index in [9.17, 15) is 4.79 Å². The van der Waals surface area contributed by atoms with E-state index in [1.54, 1.807) is 11.3 Å². The van der Waals surface area contributed by atoms with Crippen LogP contribution in [0.4, 0.5) is 10.8 Å². The van der Waals surface area contributed by atoms with Gasteiger partial charge in [-0.3, -0.25) is 4.79 Å². The third-order valence-corrected chi connectivity index (χ3v) is 5.58. The van der Waals surface area contributed by atoms with Crippen LogP contribution < -0.4 is 10.6 Å². The van der Waals surface area contributed by atoms with Gasteiger partial charge < -0.3 is 10.6 Å². The lowest BCUT2D eigenvalue weighted by Crippen LogP contribution is -2.11. The first-order valence-corrected chi connectivity index (χ1v) is 11.7. The number of aromatic nitrogens is 1. The number of nitrogens with one attached hydrogen (secondary N) is 2. The molecule has 154 valence electrons. The van der Waals surface area contributed by atoms with Crippen molar-refractivity contribution < 1.29 is 4.79 Å². The Labute approximate surface area is 174 Å². The highest BCUT2D eigenvalue weighted by Crippen LogP contribution is 2.26. The molecule has 4 nitrogen and oxygen atoms in total. The molecule has 0 aliphatic carbocycles. The largest absolute Gasteiger partial charge is 0.362 e. The van der Waals surface area contributed by atoms with Crippen LogP contribution in [-0.2, 0) is 4.79 Å². The fraction of sp³-hybridized carbons (Fsp3) is 0.565. The molecule has 0 fully saturated rings. The van der Waals surface area contributed by atoms with E-state index in [1.807, 2.05) is 29.6 Å². The van der Waals surface area contributed by atoms with E-state index in [4.69, 9.17) is 0 Å². The van der Waals surface area contributed by atoms with Crippen molar-refractivity contribution >= 4 is 28.1 Å². The van der Waals surface area contributed by atoms with Gasteiger partial charge in [-0.25, -0.2) is 4.98 Å². The molecule has 0 atom stereocenters. The first-order chi connectivity index (χ1) is 13.7. The van der Waals surface area contributed by atoms with Crippen LogP contribution in [0, 0.1) is 0 Å². The molecule has 0 radical (unpaired) electrons. The van der Waals surface area contributed by atoms with Crippen molar-refractivity contribution in [2.75, 3.05) is 17.2 Å². The molecule has 0 spiro atoms. The number of carbonyl (C=O) groups excluding carboxylic acids is 1. The molecule has 1 amide bonds. The number of unbranched alkanes of at least 4 members (excludes halogenated alkanes) is 8. The summed E-state index contributed by atoms with van der Waals surface area (Å²) in [4.78, 5) is 16.8. The molecular formula is C23H35N3OS. The maximum atomic E-state index is 12.2. The molecule has 0 aliphatic heterocycles. The first kappa shape index (κ1) is 22.4. The minimum Gasteiger partial charge on any atom is -0.362 e. The van der Waals surface area contributed by atoms with Crippen LogP contribution in [-0.4, -0.2) is 17.4 Å². The Kier molecular flexibility index (Phi) is 10.7. The quantitative estimate of drug-likeness (QED) is 0.332. The smallest absolute Gasteiger partial charge is 0.224 e. The van der Waals surface area contributed by atoms with Gasteiger partial charge in [0.15, 0.2) is 5.13 Å². The van der Waals surface area contributed by atoms with Crippen molar-refractivity contribution in [2.24, 2.45) is 0 Å². The van der Waals surface area contributed by atoms with Gasteiger partial charge in [-0.1, -0.05) is 70.4 Å². The fourth-order valence-corrected chi connectivity index (χ4v) is 4.01. The molecule has 5 heteroatoms. The number of benzene rings is 1. The Morgan fingerprint density at radius 1 is 1.00 bits per heavy atom. The Balaban J connectivity index is 1.68. The molecule has 1 heterocycles. The first-order valence-electron chi connectivity index (χ1n) is 10.8. The average molecular weight is 402 g/mol. The van der Waals surface area contributed by atoms with Gasteiger partial charge in [0.2, 0.25) is 5.91 Å². The summed E-state index contributed by atoms with van der Waals surface area (Å²) >= 11 is 1.60. The van der Waals surface area contributed by atoms with Gasteiger partial charge in [-0.2, -0.15) is 0 Å². The van der Waals surface area contributed by atoms with Crippen molar-refractivity contribution in [2.45, 2.75) is 78.1 Å². The summed E-state index contributed by atoms with van der Waals surface area (Å²) in [5.74, 6) is 0.103. The topological polar surface area (TPSA) is 54.0 Å². The van der Waals surface area contributed by atoms with Gasteiger partial charge in [0.25, 0.3) is 0 Å². The molecule has 0 saturated carbocycles. The van der Waals surface area contributed by atoms with Gasteiger partial charge in [-0.15, -0.1) is 11.3 Å².